The van der Waals surface area contributed by atoms with Gasteiger partial charge < -0.3 is 24.4 Å². The highest BCUT2D eigenvalue weighted by molar-refractivity contribution is 9.10. The second-order valence-corrected chi connectivity index (χ2v) is 12.9. The summed E-state index contributed by atoms with van der Waals surface area (Å²) < 4.78 is 32.5. The van der Waals surface area contributed by atoms with Crippen LogP contribution in [0.1, 0.15) is 24.1 Å². The summed E-state index contributed by atoms with van der Waals surface area (Å²) in [6.07, 6.45) is 6.12. The second-order valence-electron chi connectivity index (χ2n) is 12.0. The molecule has 11 nitrogen and oxygen atoms in total. The second kappa shape index (κ2) is 16.5. The third-order valence-corrected chi connectivity index (χ3v) is 9.21. The lowest BCUT2D eigenvalue weighted by atomic mass is 10.0. The highest BCUT2D eigenvalue weighted by Gasteiger charge is 2.24. The lowest BCUT2D eigenvalue weighted by molar-refractivity contribution is -0.117. The number of carbonyl (C=O) groups excluding carboxylic acids is 1. The molecule has 2 fully saturated rings. The normalized spacial score (nSPS) is 15.9. The first-order chi connectivity index (χ1) is 23.5. The Bertz CT molecular complexity index is 1690. The fraction of sp³-hybridized carbons (Fsp3) is 0.429. The van der Waals surface area contributed by atoms with Crippen LogP contribution in [0, 0.1) is 5.82 Å². The predicted octanol–water partition coefficient (Wildman–Crippen LogP) is 4.78. The van der Waals surface area contributed by atoms with E-state index in [9.17, 15) is 9.18 Å². The number of aromatic nitrogens is 3. The molecule has 0 atom stereocenters. The number of nitrogens with one attached hydrogen (secondary N) is 1. The summed E-state index contributed by atoms with van der Waals surface area (Å²) in [5, 5.41) is 14.0. The zero-order valence-corrected chi connectivity index (χ0v) is 28.8. The largest absolute Gasteiger partial charge is 0.493 e. The van der Waals surface area contributed by atoms with E-state index in [1.54, 1.807) is 31.6 Å². The molecule has 1 amide bonds. The minimum atomic E-state index is -0.478. The van der Waals surface area contributed by atoms with Crippen LogP contribution in [0.5, 0.6) is 11.5 Å². The molecule has 2 aliphatic rings. The smallest absolute Gasteiger partial charge is 0.238 e. The fourth-order valence-electron chi connectivity index (χ4n) is 6.08. The lowest BCUT2D eigenvalue weighted by Crippen LogP contribution is -2.49. The van der Waals surface area contributed by atoms with Crippen LogP contribution in [0.2, 0.25) is 0 Å². The zero-order chi connectivity index (χ0) is 33.3. The quantitative estimate of drug-likeness (QED) is 0.194. The number of amides is 1. The van der Waals surface area contributed by atoms with Crippen molar-refractivity contribution in [3.05, 3.63) is 76.4 Å². The molecule has 4 aromatic rings. The molecule has 2 saturated heterocycles. The predicted molar refractivity (Wildman–Crippen MR) is 187 cm³/mol. The van der Waals surface area contributed by atoms with Crippen molar-refractivity contribution in [1.29, 1.82) is 0 Å². The van der Waals surface area contributed by atoms with Crippen molar-refractivity contribution < 1.29 is 23.4 Å². The van der Waals surface area contributed by atoms with Crippen LogP contribution in [0.25, 0.3) is 10.8 Å². The molecule has 2 aromatic carbocycles. The number of fused-ring (bicyclic) bond motifs is 1. The molecule has 0 spiro atoms. The van der Waals surface area contributed by atoms with Gasteiger partial charge in [-0.1, -0.05) is 15.9 Å². The Labute approximate surface area is 288 Å². The molecule has 0 aliphatic carbocycles. The Kier molecular flexibility index (Phi) is 11.7. The number of unbranched alkanes of at least 4 members (excludes halogenated alkanes) is 1. The number of morpholine rings is 1. The molecule has 6 rings (SSSR count). The van der Waals surface area contributed by atoms with Gasteiger partial charge in [0.25, 0.3) is 0 Å². The average molecular weight is 723 g/mol. The van der Waals surface area contributed by atoms with Gasteiger partial charge in [0.15, 0.2) is 17.3 Å². The Morgan fingerprint density at radius 1 is 0.938 bits per heavy atom. The number of piperazine rings is 1. The first-order valence-corrected chi connectivity index (χ1v) is 17.2. The number of methoxy groups -OCH3 is 1. The van der Waals surface area contributed by atoms with E-state index in [-0.39, 0.29) is 18.1 Å². The van der Waals surface area contributed by atoms with Gasteiger partial charge in [-0.05, 0) is 67.4 Å². The van der Waals surface area contributed by atoms with Crippen molar-refractivity contribution in [3.8, 4) is 11.5 Å². The van der Waals surface area contributed by atoms with Crippen molar-refractivity contribution >= 4 is 44.1 Å². The van der Waals surface area contributed by atoms with E-state index in [1.807, 2.05) is 24.3 Å². The van der Waals surface area contributed by atoms with E-state index >= 15 is 0 Å². The summed E-state index contributed by atoms with van der Waals surface area (Å²) in [5.41, 5.74) is 2.09. The van der Waals surface area contributed by atoms with Crippen LogP contribution in [-0.2, 0) is 16.0 Å². The summed E-state index contributed by atoms with van der Waals surface area (Å²) in [4.78, 5) is 23.6. The van der Waals surface area contributed by atoms with E-state index in [4.69, 9.17) is 24.4 Å². The first-order valence-electron chi connectivity index (χ1n) is 16.4. The van der Waals surface area contributed by atoms with E-state index in [1.165, 1.54) is 6.07 Å². The van der Waals surface area contributed by atoms with Crippen LogP contribution >= 0.6 is 15.9 Å². The SMILES string of the molecule is COc1cc2c(Cc3ccncc3)nnc(N3CCN(CC(=O)Nc4ccc(Br)cc4F)CC3)c2cc1OCCCCN1CCOCC1. The van der Waals surface area contributed by atoms with E-state index in [0.717, 1.165) is 73.5 Å². The monoisotopic (exact) mass is 721 g/mol. The molecule has 254 valence electrons. The van der Waals surface area contributed by atoms with Crippen LogP contribution < -0.4 is 19.7 Å². The van der Waals surface area contributed by atoms with Gasteiger partial charge in [-0.2, -0.15) is 5.10 Å². The zero-order valence-electron chi connectivity index (χ0n) is 27.2. The van der Waals surface area contributed by atoms with E-state index in [2.05, 4.69) is 40.9 Å². The van der Waals surface area contributed by atoms with E-state index < -0.39 is 5.82 Å². The van der Waals surface area contributed by atoms with Crippen molar-refractivity contribution in [2.45, 2.75) is 19.3 Å². The number of benzene rings is 2. The number of halogens is 2. The third kappa shape index (κ3) is 8.76. The number of hydrogen-bond acceptors (Lipinski definition) is 10. The summed E-state index contributed by atoms with van der Waals surface area (Å²) >= 11 is 3.25. The van der Waals surface area contributed by atoms with Crippen molar-refractivity contribution in [1.82, 2.24) is 25.0 Å². The maximum Gasteiger partial charge on any atom is 0.238 e. The van der Waals surface area contributed by atoms with Crippen molar-refractivity contribution in [2.75, 3.05) is 89.5 Å². The van der Waals surface area contributed by atoms with Gasteiger partial charge in [-0.25, -0.2) is 4.39 Å². The van der Waals surface area contributed by atoms with Crippen LogP contribution in [0.4, 0.5) is 15.9 Å². The summed E-state index contributed by atoms with van der Waals surface area (Å²) in [7, 11) is 1.66. The summed E-state index contributed by atoms with van der Waals surface area (Å²) in [6.45, 7) is 7.94. The Morgan fingerprint density at radius 3 is 2.46 bits per heavy atom. The van der Waals surface area contributed by atoms with E-state index in [0.29, 0.717) is 55.2 Å². The molecule has 48 heavy (non-hydrogen) atoms. The third-order valence-electron chi connectivity index (χ3n) is 8.72. The molecule has 13 heteroatoms. The number of anilines is 2. The van der Waals surface area contributed by atoms with Crippen LogP contribution in [0.15, 0.2) is 59.3 Å². The Morgan fingerprint density at radius 2 is 1.71 bits per heavy atom. The van der Waals surface area contributed by atoms with Gasteiger partial charge in [0.2, 0.25) is 5.91 Å². The molecule has 4 heterocycles. The number of nitrogens with zero attached hydrogens (tertiary/aromatic N) is 6. The van der Waals surface area contributed by atoms with Crippen LogP contribution in [0.3, 0.4) is 0 Å². The number of hydrogen-bond donors (Lipinski definition) is 1. The molecule has 1 N–H and O–H groups in total. The topological polar surface area (TPSA) is 105 Å². The Balaban J connectivity index is 1.16. The first kappa shape index (κ1) is 34.0. The molecule has 2 aliphatic heterocycles. The summed E-state index contributed by atoms with van der Waals surface area (Å²) in [6, 6.07) is 12.6. The van der Waals surface area contributed by atoms with Gasteiger partial charge in [0.05, 0.1) is 44.9 Å². The van der Waals surface area contributed by atoms with Crippen molar-refractivity contribution in [3.63, 3.8) is 0 Å². The molecule has 0 bridgehead atoms. The highest BCUT2D eigenvalue weighted by Crippen LogP contribution is 2.38. The van der Waals surface area contributed by atoms with Gasteiger partial charge in [0.1, 0.15) is 5.82 Å². The highest BCUT2D eigenvalue weighted by atomic mass is 79.9. The van der Waals surface area contributed by atoms with Crippen molar-refractivity contribution in [2.24, 2.45) is 0 Å². The summed E-state index contributed by atoms with van der Waals surface area (Å²) in [5.74, 6) is 1.37. The van der Waals surface area contributed by atoms with Gasteiger partial charge in [0, 0.05) is 73.3 Å². The van der Waals surface area contributed by atoms with Gasteiger partial charge in [-0.15, -0.1) is 5.10 Å². The minimum Gasteiger partial charge on any atom is -0.493 e. The van der Waals surface area contributed by atoms with Crippen LogP contribution in [-0.4, -0.2) is 110 Å². The lowest BCUT2D eigenvalue weighted by Gasteiger charge is -2.35. The molecular formula is C35H41BrFN7O4. The molecule has 0 unspecified atom stereocenters. The molecule has 0 radical (unpaired) electrons. The maximum absolute atomic E-state index is 14.3. The molecular weight excluding hydrogens is 681 g/mol. The number of ether oxygens (including phenoxy) is 3. The van der Waals surface area contributed by atoms with Gasteiger partial charge >= 0.3 is 0 Å². The maximum atomic E-state index is 14.3. The number of rotatable bonds is 13. The Hall–Kier alpha value is -3.91. The molecule has 0 saturated carbocycles. The fourth-order valence-corrected chi connectivity index (χ4v) is 6.41. The molecule has 2 aromatic heterocycles. The van der Waals surface area contributed by atoms with Gasteiger partial charge in [-0.3, -0.25) is 19.6 Å². The number of carbonyl (C=O) groups is 1. The standard InChI is InChI=1S/C35H41BrFN7O4/c1-46-32-22-27-28(23-33(32)48-17-3-2-10-42-15-18-47-19-16-42)35(41-40-31(27)20-25-6-8-38-9-7-25)44-13-11-43(12-14-44)24-34(45)39-30-5-4-26(36)21-29(30)37/h4-9,21-23H,2-3,10-20,24H2,1H3,(H,39,45). The average Bonchev–Trinajstić information content (AvgIpc) is 3.10. The number of pyridine rings is 1. The minimum absolute atomic E-state index is 0.168.